The number of nitrogens with one attached hydrogen (secondary N) is 1. The van der Waals surface area contributed by atoms with E-state index in [0.29, 0.717) is 18.9 Å². The average Bonchev–Trinajstić information content (AvgIpc) is 2.29. The van der Waals surface area contributed by atoms with E-state index in [2.05, 4.69) is 5.32 Å². The van der Waals surface area contributed by atoms with Gasteiger partial charge in [-0.05, 0) is 37.2 Å². The summed E-state index contributed by atoms with van der Waals surface area (Å²) in [5, 5.41) is 3.21. The molecule has 0 radical (unpaired) electrons. The first kappa shape index (κ1) is 13.9. The standard InChI is InChI=1S/C13H20FNO2/c1-4-15-8-12(9-16-3)17-13-6-5-11(14)7-10(13)2/h5-7,12,15H,4,8-9H2,1-3H3. The average molecular weight is 241 g/mol. The zero-order valence-corrected chi connectivity index (χ0v) is 10.6. The second-order valence-electron chi connectivity index (χ2n) is 3.91. The van der Waals surface area contributed by atoms with E-state index in [1.165, 1.54) is 12.1 Å². The van der Waals surface area contributed by atoms with Crippen molar-refractivity contribution >= 4 is 0 Å². The summed E-state index contributed by atoms with van der Waals surface area (Å²) in [6.07, 6.45) is -0.0656. The van der Waals surface area contributed by atoms with Gasteiger partial charge in [0.25, 0.3) is 0 Å². The van der Waals surface area contributed by atoms with Crippen molar-refractivity contribution in [2.24, 2.45) is 0 Å². The predicted molar refractivity (Wildman–Crippen MR) is 66.0 cm³/mol. The molecular weight excluding hydrogens is 221 g/mol. The minimum absolute atomic E-state index is 0.0656. The Hall–Kier alpha value is -1.13. The van der Waals surface area contributed by atoms with Crippen molar-refractivity contribution in [2.75, 3.05) is 26.8 Å². The quantitative estimate of drug-likeness (QED) is 0.793. The van der Waals surface area contributed by atoms with E-state index in [-0.39, 0.29) is 11.9 Å². The molecule has 3 nitrogen and oxygen atoms in total. The van der Waals surface area contributed by atoms with Gasteiger partial charge in [0.1, 0.15) is 17.7 Å². The molecule has 1 atom stereocenters. The smallest absolute Gasteiger partial charge is 0.134 e. The van der Waals surface area contributed by atoms with Gasteiger partial charge < -0.3 is 14.8 Å². The molecule has 0 aromatic heterocycles. The van der Waals surface area contributed by atoms with E-state index in [1.54, 1.807) is 13.2 Å². The lowest BCUT2D eigenvalue weighted by atomic mass is 10.2. The summed E-state index contributed by atoms with van der Waals surface area (Å²) in [6.45, 7) is 5.96. The van der Waals surface area contributed by atoms with Crippen LogP contribution in [0.15, 0.2) is 18.2 Å². The number of ether oxygens (including phenoxy) is 2. The molecule has 1 aromatic carbocycles. The molecular formula is C13H20FNO2. The maximum atomic E-state index is 12.9. The van der Waals surface area contributed by atoms with Crippen LogP contribution in [0.3, 0.4) is 0 Å². The molecule has 0 spiro atoms. The Kier molecular flexibility index (Phi) is 5.94. The number of hydrogen-bond acceptors (Lipinski definition) is 3. The van der Waals surface area contributed by atoms with E-state index in [9.17, 15) is 4.39 Å². The van der Waals surface area contributed by atoms with E-state index < -0.39 is 0 Å². The molecule has 1 unspecified atom stereocenters. The minimum atomic E-state index is -0.246. The summed E-state index contributed by atoms with van der Waals surface area (Å²) >= 11 is 0. The van der Waals surface area contributed by atoms with Crippen molar-refractivity contribution in [3.63, 3.8) is 0 Å². The van der Waals surface area contributed by atoms with Crippen molar-refractivity contribution in [3.8, 4) is 5.75 Å². The predicted octanol–water partition coefficient (Wildman–Crippen LogP) is 2.14. The Bertz CT molecular complexity index is 344. The molecule has 96 valence electrons. The lowest BCUT2D eigenvalue weighted by Gasteiger charge is -2.20. The fourth-order valence-electron chi connectivity index (χ4n) is 1.55. The van der Waals surface area contributed by atoms with Crippen LogP contribution in [0, 0.1) is 12.7 Å². The van der Waals surface area contributed by atoms with Gasteiger partial charge >= 0.3 is 0 Å². The van der Waals surface area contributed by atoms with Crippen LogP contribution in [0.2, 0.25) is 0 Å². The second-order valence-corrected chi connectivity index (χ2v) is 3.91. The van der Waals surface area contributed by atoms with Crippen LogP contribution in [-0.4, -0.2) is 32.9 Å². The topological polar surface area (TPSA) is 30.5 Å². The molecule has 1 N–H and O–H groups in total. The van der Waals surface area contributed by atoms with Crippen molar-refractivity contribution in [3.05, 3.63) is 29.6 Å². The van der Waals surface area contributed by atoms with Gasteiger partial charge in [0.05, 0.1) is 6.61 Å². The summed E-state index contributed by atoms with van der Waals surface area (Å²) in [7, 11) is 1.64. The first-order chi connectivity index (χ1) is 8.17. The summed E-state index contributed by atoms with van der Waals surface area (Å²) in [5.41, 5.74) is 0.794. The van der Waals surface area contributed by atoms with Gasteiger partial charge in [-0.2, -0.15) is 0 Å². The van der Waals surface area contributed by atoms with E-state index >= 15 is 0 Å². The number of hydrogen-bond donors (Lipinski definition) is 1. The minimum Gasteiger partial charge on any atom is -0.486 e. The highest BCUT2D eigenvalue weighted by Gasteiger charge is 2.11. The van der Waals surface area contributed by atoms with Crippen molar-refractivity contribution in [1.29, 1.82) is 0 Å². The Balaban J connectivity index is 2.64. The van der Waals surface area contributed by atoms with Crippen molar-refractivity contribution in [2.45, 2.75) is 20.0 Å². The fraction of sp³-hybridized carbons (Fsp3) is 0.538. The molecule has 0 aliphatic rings. The molecule has 4 heteroatoms. The molecule has 0 saturated heterocycles. The summed E-state index contributed by atoms with van der Waals surface area (Å²) < 4.78 is 23.8. The number of methoxy groups -OCH3 is 1. The van der Waals surface area contributed by atoms with Crippen LogP contribution >= 0.6 is 0 Å². The van der Waals surface area contributed by atoms with Crippen LogP contribution in [0.25, 0.3) is 0 Å². The third-order valence-corrected chi connectivity index (χ3v) is 2.41. The monoisotopic (exact) mass is 241 g/mol. The van der Waals surface area contributed by atoms with Gasteiger partial charge in [0, 0.05) is 13.7 Å². The molecule has 0 aliphatic carbocycles. The van der Waals surface area contributed by atoms with Gasteiger partial charge in [0.15, 0.2) is 0 Å². The molecule has 0 bridgehead atoms. The number of aryl methyl sites for hydroxylation is 1. The van der Waals surface area contributed by atoms with Gasteiger partial charge in [-0.1, -0.05) is 6.92 Å². The van der Waals surface area contributed by atoms with Crippen LogP contribution in [0.4, 0.5) is 4.39 Å². The summed E-state index contributed by atoms with van der Waals surface area (Å²) in [6, 6.07) is 4.52. The van der Waals surface area contributed by atoms with E-state index in [1.807, 2.05) is 13.8 Å². The Labute approximate surface area is 102 Å². The highest BCUT2D eigenvalue weighted by molar-refractivity contribution is 5.32. The SMILES string of the molecule is CCNCC(COC)Oc1ccc(F)cc1C. The summed E-state index contributed by atoms with van der Waals surface area (Å²) in [5.74, 6) is 0.455. The number of rotatable bonds is 7. The molecule has 0 fully saturated rings. The first-order valence-corrected chi connectivity index (χ1v) is 5.79. The highest BCUT2D eigenvalue weighted by atomic mass is 19.1. The van der Waals surface area contributed by atoms with E-state index in [0.717, 1.165) is 12.1 Å². The van der Waals surface area contributed by atoms with E-state index in [4.69, 9.17) is 9.47 Å². The molecule has 0 amide bonds. The van der Waals surface area contributed by atoms with Crippen LogP contribution in [0.5, 0.6) is 5.75 Å². The first-order valence-electron chi connectivity index (χ1n) is 5.79. The van der Waals surface area contributed by atoms with Crippen LogP contribution < -0.4 is 10.1 Å². The number of benzene rings is 1. The van der Waals surface area contributed by atoms with Crippen molar-refractivity contribution < 1.29 is 13.9 Å². The normalized spacial score (nSPS) is 12.5. The Morgan fingerprint density at radius 2 is 2.18 bits per heavy atom. The summed E-state index contributed by atoms with van der Waals surface area (Å²) in [4.78, 5) is 0. The van der Waals surface area contributed by atoms with Gasteiger partial charge in [-0.15, -0.1) is 0 Å². The molecule has 0 aliphatic heterocycles. The highest BCUT2D eigenvalue weighted by Crippen LogP contribution is 2.19. The maximum absolute atomic E-state index is 12.9. The molecule has 0 heterocycles. The van der Waals surface area contributed by atoms with Crippen LogP contribution in [0.1, 0.15) is 12.5 Å². The van der Waals surface area contributed by atoms with Gasteiger partial charge in [-0.3, -0.25) is 0 Å². The largest absolute Gasteiger partial charge is 0.486 e. The molecule has 17 heavy (non-hydrogen) atoms. The third kappa shape index (κ3) is 4.71. The second kappa shape index (κ2) is 7.25. The van der Waals surface area contributed by atoms with Crippen molar-refractivity contribution in [1.82, 2.24) is 5.32 Å². The third-order valence-electron chi connectivity index (χ3n) is 2.41. The lowest BCUT2D eigenvalue weighted by molar-refractivity contribution is 0.0804. The molecule has 0 saturated carbocycles. The molecule has 1 rings (SSSR count). The van der Waals surface area contributed by atoms with Gasteiger partial charge in [0.2, 0.25) is 0 Å². The van der Waals surface area contributed by atoms with Gasteiger partial charge in [-0.25, -0.2) is 4.39 Å². The maximum Gasteiger partial charge on any atom is 0.134 e. The fourth-order valence-corrected chi connectivity index (χ4v) is 1.55. The molecule has 1 aromatic rings. The lowest BCUT2D eigenvalue weighted by Crippen LogP contribution is -2.35. The Morgan fingerprint density at radius 3 is 2.76 bits per heavy atom. The Morgan fingerprint density at radius 1 is 1.41 bits per heavy atom. The zero-order valence-electron chi connectivity index (χ0n) is 10.6. The number of likely N-dealkylation sites (N-methyl/N-ethyl adjacent to an activating group) is 1. The number of halogens is 1. The zero-order chi connectivity index (χ0) is 12.7. The van der Waals surface area contributed by atoms with Crippen LogP contribution in [-0.2, 0) is 4.74 Å².